The molecule has 1 aromatic heterocycles. The van der Waals surface area contributed by atoms with E-state index >= 15 is 0 Å². The second-order valence-electron chi connectivity index (χ2n) is 7.92. The molecule has 3 heterocycles. The lowest BCUT2D eigenvalue weighted by Gasteiger charge is -2.31. The monoisotopic (exact) mass is 438 g/mol. The van der Waals surface area contributed by atoms with Crippen LogP contribution in [0, 0.1) is 5.92 Å². The first-order valence-electron chi connectivity index (χ1n) is 10.6. The van der Waals surface area contributed by atoms with Crippen molar-refractivity contribution in [2.24, 2.45) is 5.92 Å². The van der Waals surface area contributed by atoms with Gasteiger partial charge in [0.2, 0.25) is 5.95 Å². The number of sulfone groups is 1. The van der Waals surface area contributed by atoms with Gasteiger partial charge in [0.05, 0.1) is 17.4 Å². The second-order valence-corrected chi connectivity index (χ2v) is 10.1. The van der Waals surface area contributed by atoms with Gasteiger partial charge in [-0.3, -0.25) is 9.59 Å². The maximum absolute atomic E-state index is 12.7. The number of ether oxygens (including phenoxy) is 1. The highest BCUT2D eigenvalue weighted by Gasteiger charge is 2.35. The van der Waals surface area contributed by atoms with Crippen molar-refractivity contribution in [3.05, 3.63) is 18.5 Å². The van der Waals surface area contributed by atoms with Gasteiger partial charge in [-0.1, -0.05) is 13.3 Å². The van der Waals surface area contributed by atoms with E-state index in [-0.39, 0.29) is 41.9 Å². The molecule has 0 N–H and O–H groups in total. The summed E-state index contributed by atoms with van der Waals surface area (Å²) in [6, 6.07) is 1.44. The molecule has 0 bridgehead atoms. The third-order valence-electron chi connectivity index (χ3n) is 5.72. The van der Waals surface area contributed by atoms with Crippen LogP contribution in [0.5, 0.6) is 0 Å². The standard InChI is InChI=1S/C20H30N4O5S/c1-2-3-10-24(17-7-13-30(27,28)15-17)18(25)14-29-19(26)16-5-11-23(12-6-16)20-21-8-4-9-22-20/h4,8-9,16-17H,2-3,5-7,10-15H2,1H3. The second kappa shape index (κ2) is 10.2. The van der Waals surface area contributed by atoms with Crippen molar-refractivity contribution in [1.29, 1.82) is 0 Å². The molecule has 9 nitrogen and oxygen atoms in total. The number of esters is 1. The van der Waals surface area contributed by atoms with Gasteiger partial charge >= 0.3 is 5.97 Å². The third-order valence-corrected chi connectivity index (χ3v) is 7.47. The van der Waals surface area contributed by atoms with Gasteiger partial charge in [-0.05, 0) is 31.7 Å². The minimum absolute atomic E-state index is 0.00355. The van der Waals surface area contributed by atoms with Crippen molar-refractivity contribution in [1.82, 2.24) is 14.9 Å². The van der Waals surface area contributed by atoms with Crippen LogP contribution in [0.25, 0.3) is 0 Å². The Hall–Kier alpha value is -2.23. The minimum atomic E-state index is -3.09. The number of piperidine rings is 1. The summed E-state index contributed by atoms with van der Waals surface area (Å²) < 4.78 is 28.9. The number of hydrogen-bond donors (Lipinski definition) is 0. The normalized spacial score (nSPS) is 21.4. The van der Waals surface area contributed by atoms with Gasteiger partial charge in [0.15, 0.2) is 16.4 Å². The number of rotatable bonds is 8. The maximum Gasteiger partial charge on any atom is 0.309 e. The first-order valence-corrected chi connectivity index (χ1v) is 12.4. The van der Waals surface area contributed by atoms with Crippen LogP contribution in [-0.4, -0.2) is 79.0 Å². The Labute approximate surface area is 177 Å². The van der Waals surface area contributed by atoms with E-state index in [4.69, 9.17) is 4.74 Å². The molecule has 0 aromatic carbocycles. The first-order chi connectivity index (χ1) is 14.4. The largest absolute Gasteiger partial charge is 0.455 e. The average molecular weight is 439 g/mol. The van der Waals surface area contributed by atoms with Crippen LogP contribution in [0.2, 0.25) is 0 Å². The highest BCUT2D eigenvalue weighted by molar-refractivity contribution is 7.91. The van der Waals surface area contributed by atoms with E-state index in [1.165, 1.54) is 0 Å². The molecular weight excluding hydrogens is 408 g/mol. The van der Waals surface area contributed by atoms with Crippen LogP contribution in [-0.2, 0) is 24.2 Å². The fraction of sp³-hybridized carbons (Fsp3) is 0.700. The molecule has 0 radical (unpaired) electrons. The van der Waals surface area contributed by atoms with Crippen molar-refractivity contribution in [2.45, 2.75) is 45.1 Å². The maximum atomic E-state index is 12.7. The molecule has 2 fully saturated rings. The van der Waals surface area contributed by atoms with E-state index in [1.54, 1.807) is 23.4 Å². The molecule has 166 valence electrons. The van der Waals surface area contributed by atoms with Gasteiger partial charge in [-0.15, -0.1) is 0 Å². The topological polar surface area (TPSA) is 110 Å². The summed E-state index contributed by atoms with van der Waals surface area (Å²) in [6.07, 6.45) is 6.74. The summed E-state index contributed by atoms with van der Waals surface area (Å²) in [5.41, 5.74) is 0. The van der Waals surface area contributed by atoms with Gasteiger partial charge in [-0.25, -0.2) is 18.4 Å². The smallest absolute Gasteiger partial charge is 0.309 e. The van der Waals surface area contributed by atoms with Crippen molar-refractivity contribution in [3.63, 3.8) is 0 Å². The van der Waals surface area contributed by atoms with E-state index in [1.807, 2.05) is 11.8 Å². The molecule has 1 amide bonds. The molecule has 10 heteroatoms. The zero-order valence-electron chi connectivity index (χ0n) is 17.4. The number of carbonyl (C=O) groups excluding carboxylic acids is 2. The van der Waals surface area contributed by atoms with Crippen molar-refractivity contribution in [3.8, 4) is 0 Å². The number of amides is 1. The van der Waals surface area contributed by atoms with Crippen molar-refractivity contribution < 1.29 is 22.7 Å². The lowest BCUT2D eigenvalue weighted by atomic mass is 9.97. The molecule has 1 aromatic rings. The molecule has 0 aliphatic carbocycles. The zero-order chi connectivity index (χ0) is 21.6. The molecule has 3 rings (SSSR count). The molecule has 2 aliphatic rings. The lowest BCUT2D eigenvalue weighted by Crippen LogP contribution is -2.44. The van der Waals surface area contributed by atoms with E-state index in [9.17, 15) is 18.0 Å². The number of carbonyl (C=O) groups is 2. The summed E-state index contributed by atoms with van der Waals surface area (Å²) in [5, 5.41) is 0. The molecule has 0 saturated carbocycles. The summed E-state index contributed by atoms with van der Waals surface area (Å²) in [7, 11) is -3.09. The fourth-order valence-electron chi connectivity index (χ4n) is 3.96. The van der Waals surface area contributed by atoms with E-state index in [2.05, 4.69) is 9.97 Å². The average Bonchev–Trinajstić information content (AvgIpc) is 3.12. The molecule has 2 saturated heterocycles. The molecule has 1 atom stereocenters. The number of unbranched alkanes of at least 4 members (excludes halogenated alkanes) is 1. The highest BCUT2D eigenvalue weighted by Crippen LogP contribution is 2.22. The predicted octanol–water partition coefficient (Wildman–Crippen LogP) is 1.05. The number of nitrogens with zero attached hydrogens (tertiary/aromatic N) is 4. The van der Waals surface area contributed by atoms with Crippen LogP contribution < -0.4 is 4.90 Å². The van der Waals surface area contributed by atoms with Crippen LogP contribution in [0.4, 0.5) is 5.95 Å². The van der Waals surface area contributed by atoms with Gasteiger partial charge < -0.3 is 14.5 Å². The Kier molecular flexibility index (Phi) is 7.63. The summed E-state index contributed by atoms with van der Waals surface area (Å²) >= 11 is 0. The summed E-state index contributed by atoms with van der Waals surface area (Å²) in [6.45, 7) is 3.48. The quantitative estimate of drug-likeness (QED) is 0.554. The summed E-state index contributed by atoms with van der Waals surface area (Å²) in [4.78, 5) is 37.3. The van der Waals surface area contributed by atoms with E-state index in [0.29, 0.717) is 44.8 Å². The summed E-state index contributed by atoms with van der Waals surface area (Å²) in [5.74, 6) is -0.181. The Morgan fingerprint density at radius 3 is 2.50 bits per heavy atom. The molecule has 30 heavy (non-hydrogen) atoms. The Balaban J connectivity index is 1.48. The Morgan fingerprint density at radius 1 is 1.20 bits per heavy atom. The zero-order valence-corrected chi connectivity index (χ0v) is 18.2. The first kappa shape index (κ1) is 22.5. The number of anilines is 1. The Bertz CT molecular complexity index is 825. The molecule has 2 aliphatic heterocycles. The van der Waals surface area contributed by atoms with Gasteiger partial charge in [0.1, 0.15) is 0 Å². The SMILES string of the molecule is CCCCN(C(=O)COC(=O)C1CCN(c2ncccn2)CC1)C1CCS(=O)(=O)C1. The highest BCUT2D eigenvalue weighted by atomic mass is 32.2. The van der Waals surface area contributed by atoms with Crippen LogP contribution >= 0.6 is 0 Å². The van der Waals surface area contributed by atoms with Gasteiger partial charge in [0.25, 0.3) is 5.91 Å². The predicted molar refractivity (Wildman–Crippen MR) is 112 cm³/mol. The minimum Gasteiger partial charge on any atom is -0.455 e. The Morgan fingerprint density at radius 2 is 1.90 bits per heavy atom. The van der Waals surface area contributed by atoms with Crippen molar-refractivity contribution in [2.75, 3.05) is 42.6 Å². The molecule has 0 spiro atoms. The van der Waals surface area contributed by atoms with Crippen LogP contribution in [0.3, 0.4) is 0 Å². The van der Waals surface area contributed by atoms with Crippen LogP contribution in [0.1, 0.15) is 39.0 Å². The number of aromatic nitrogens is 2. The third kappa shape index (κ3) is 5.90. The van der Waals surface area contributed by atoms with Gasteiger partial charge in [0, 0.05) is 38.1 Å². The van der Waals surface area contributed by atoms with Gasteiger partial charge in [-0.2, -0.15) is 0 Å². The lowest BCUT2D eigenvalue weighted by molar-refractivity contribution is -0.156. The van der Waals surface area contributed by atoms with E-state index < -0.39 is 9.84 Å². The fourth-order valence-corrected chi connectivity index (χ4v) is 5.69. The van der Waals surface area contributed by atoms with Crippen molar-refractivity contribution >= 4 is 27.7 Å². The molecule has 1 unspecified atom stereocenters. The van der Waals surface area contributed by atoms with E-state index in [0.717, 1.165) is 12.8 Å². The number of hydrogen-bond acceptors (Lipinski definition) is 8. The van der Waals surface area contributed by atoms with Crippen LogP contribution in [0.15, 0.2) is 18.5 Å². The molecular formula is C20H30N4O5S.